The number of methoxy groups -OCH3 is 1. The van der Waals surface area contributed by atoms with Gasteiger partial charge < -0.3 is 28.4 Å². The van der Waals surface area contributed by atoms with E-state index in [9.17, 15) is 0 Å². The molecule has 4 heterocycles. The molecule has 2 fully saturated rings. The Bertz CT molecular complexity index is 1710. The van der Waals surface area contributed by atoms with Crippen LogP contribution in [0.25, 0.3) is 11.4 Å². The zero-order valence-electron chi connectivity index (χ0n) is 25.9. The summed E-state index contributed by atoms with van der Waals surface area (Å²) in [6.45, 7) is 4.71. The van der Waals surface area contributed by atoms with Crippen molar-refractivity contribution in [2.24, 2.45) is 0 Å². The van der Waals surface area contributed by atoms with Crippen molar-refractivity contribution in [3.63, 3.8) is 0 Å². The molecule has 0 aliphatic carbocycles. The summed E-state index contributed by atoms with van der Waals surface area (Å²) in [6.07, 6.45) is 0.121. The Morgan fingerprint density at radius 2 is 1.28 bits per heavy atom. The van der Waals surface area contributed by atoms with Crippen LogP contribution < -0.4 is 0 Å². The van der Waals surface area contributed by atoms with Gasteiger partial charge in [-0.1, -0.05) is 76.2 Å². The highest BCUT2D eigenvalue weighted by atomic mass is 16.8. The molecular formula is C34H36N6O6. The first-order valence-corrected chi connectivity index (χ1v) is 15.2. The summed E-state index contributed by atoms with van der Waals surface area (Å²) in [6, 6.07) is 25.9. The molecule has 0 radical (unpaired) electrons. The monoisotopic (exact) mass is 624 g/mol. The van der Waals surface area contributed by atoms with Crippen LogP contribution in [-0.2, 0) is 41.6 Å². The van der Waals surface area contributed by atoms with Gasteiger partial charge in [-0.3, -0.25) is 0 Å². The summed E-state index contributed by atoms with van der Waals surface area (Å²) < 4.78 is 41.2. The van der Waals surface area contributed by atoms with Crippen LogP contribution in [0, 0.1) is 13.8 Å². The van der Waals surface area contributed by atoms with Crippen molar-refractivity contribution in [1.82, 2.24) is 30.0 Å². The van der Waals surface area contributed by atoms with Gasteiger partial charge in [0.15, 0.2) is 12.6 Å². The number of benzene rings is 3. The lowest BCUT2D eigenvalue weighted by Gasteiger charge is -2.48. The van der Waals surface area contributed by atoms with E-state index >= 15 is 0 Å². The third-order valence-electron chi connectivity index (χ3n) is 8.11. The molecule has 0 bridgehead atoms. The van der Waals surface area contributed by atoms with Crippen molar-refractivity contribution < 1.29 is 28.4 Å². The largest absolute Gasteiger partial charge is 0.366 e. The normalized spacial score (nSPS) is 24.5. The molecule has 6 atom stereocenters. The first-order chi connectivity index (χ1) is 22.5. The highest BCUT2D eigenvalue weighted by Crippen LogP contribution is 2.37. The molecular weight excluding hydrogens is 588 g/mol. The minimum atomic E-state index is -0.748. The maximum absolute atomic E-state index is 6.59. The van der Waals surface area contributed by atoms with Gasteiger partial charge >= 0.3 is 0 Å². The molecule has 2 aliphatic rings. The van der Waals surface area contributed by atoms with Gasteiger partial charge in [0, 0.05) is 12.7 Å². The number of aryl methyl sites for hydroxylation is 2. The second-order valence-corrected chi connectivity index (χ2v) is 11.5. The van der Waals surface area contributed by atoms with Gasteiger partial charge in [0.2, 0.25) is 0 Å². The number of hydrogen-bond donors (Lipinski definition) is 0. The maximum Gasteiger partial charge on any atom is 0.186 e. The summed E-state index contributed by atoms with van der Waals surface area (Å²) in [4.78, 5) is 0. The van der Waals surface area contributed by atoms with Crippen LogP contribution >= 0.6 is 0 Å². The van der Waals surface area contributed by atoms with Crippen LogP contribution in [0.5, 0.6) is 0 Å². The van der Waals surface area contributed by atoms with Gasteiger partial charge in [-0.15, -0.1) is 10.2 Å². The van der Waals surface area contributed by atoms with Crippen LogP contribution in [0.2, 0.25) is 0 Å². The first kappa shape index (κ1) is 30.4. The predicted octanol–water partition coefficient (Wildman–Crippen LogP) is 4.42. The van der Waals surface area contributed by atoms with E-state index < -0.39 is 37.0 Å². The molecule has 2 aromatic heterocycles. The molecule has 2 saturated heterocycles. The number of fused-ring (bicyclic) bond motifs is 1. The Labute approximate surface area is 266 Å². The molecule has 0 spiro atoms. The summed E-state index contributed by atoms with van der Waals surface area (Å²) in [7, 11) is 1.58. The van der Waals surface area contributed by atoms with Gasteiger partial charge in [-0.05, 0) is 38.1 Å². The Morgan fingerprint density at radius 1 is 0.717 bits per heavy atom. The van der Waals surface area contributed by atoms with E-state index in [-0.39, 0.29) is 13.2 Å². The van der Waals surface area contributed by atoms with Gasteiger partial charge in [0.25, 0.3) is 0 Å². The molecule has 3 unspecified atom stereocenters. The minimum absolute atomic E-state index is 0.152. The SMILES string of the molecule is CO[C@@H]1OC2COC(c3ccccc3)O[C@@H]2[C@H](OCc2cn(-c3ccc(C)cc3)nn2)C1OCc1cn(-c2ccc(C)cc2)nn1. The maximum atomic E-state index is 6.59. The predicted molar refractivity (Wildman–Crippen MR) is 165 cm³/mol. The number of hydrogen-bond acceptors (Lipinski definition) is 10. The molecule has 7 rings (SSSR count). The molecule has 46 heavy (non-hydrogen) atoms. The average molecular weight is 625 g/mol. The van der Waals surface area contributed by atoms with Gasteiger partial charge in [-0.2, -0.15) is 0 Å². The zero-order valence-corrected chi connectivity index (χ0v) is 25.9. The van der Waals surface area contributed by atoms with Crippen LogP contribution in [0.15, 0.2) is 91.3 Å². The fourth-order valence-electron chi connectivity index (χ4n) is 5.62. The summed E-state index contributed by atoms with van der Waals surface area (Å²) in [5.41, 5.74) is 6.36. The number of rotatable bonds is 10. The highest BCUT2D eigenvalue weighted by molar-refractivity contribution is 5.34. The second-order valence-electron chi connectivity index (χ2n) is 11.5. The molecule has 12 nitrogen and oxygen atoms in total. The quantitative estimate of drug-likeness (QED) is 0.221. The van der Waals surface area contributed by atoms with E-state index in [0.717, 1.165) is 16.9 Å². The minimum Gasteiger partial charge on any atom is -0.366 e. The third kappa shape index (κ3) is 6.63. The van der Waals surface area contributed by atoms with E-state index in [1.54, 1.807) is 16.5 Å². The van der Waals surface area contributed by atoms with Crippen molar-refractivity contribution in [2.75, 3.05) is 13.7 Å². The van der Waals surface area contributed by atoms with Crippen molar-refractivity contribution in [1.29, 1.82) is 0 Å². The number of ether oxygens (including phenoxy) is 6. The van der Waals surface area contributed by atoms with Gasteiger partial charge in [-0.25, -0.2) is 9.36 Å². The fraction of sp³-hybridized carbons (Fsp3) is 0.353. The lowest BCUT2D eigenvalue weighted by atomic mass is 9.97. The number of aromatic nitrogens is 6. The Balaban J connectivity index is 1.12. The number of nitrogens with zero attached hydrogens (tertiary/aromatic N) is 6. The van der Waals surface area contributed by atoms with Crippen molar-refractivity contribution >= 4 is 0 Å². The topological polar surface area (TPSA) is 117 Å². The van der Waals surface area contributed by atoms with Gasteiger partial charge in [0.1, 0.15) is 35.8 Å². The lowest BCUT2D eigenvalue weighted by molar-refractivity contribution is -0.369. The summed E-state index contributed by atoms with van der Waals surface area (Å²) >= 11 is 0. The smallest absolute Gasteiger partial charge is 0.186 e. The fourth-order valence-corrected chi connectivity index (χ4v) is 5.62. The molecule has 0 saturated carbocycles. The summed E-state index contributed by atoms with van der Waals surface area (Å²) in [5, 5.41) is 17.3. The highest BCUT2D eigenvalue weighted by Gasteiger charge is 2.51. The van der Waals surface area contributed by atoms with E-state index in [4.69, 9.17) is 28.4 Å². The molecule has 2 aliphatic heterocycles. The zero-order chi connectivity index (χ0) is 31.5. The standard InChI is InChI=1S/C34H36N6O6/c1-22-9-13-27(14-10-22)39-17-25(35-37-39)19-42-31-30-29(21-44-33(46-30)24-7-5-4-6-8-24)45-34(41-3)32(31)43-20-26-18-40(38-36-26)28-15-11-23(2)12-16-28/h4-18,29-34H,19-21H2,1-3H3/t29?,30-,31-,32?,33?,34+/m0/s1. The molecule has 0 amide bonds. The third-order valence-corrected chi connectivity index (χ3v) is 8.11. The summed E-state index contributed by atoms with van der Waals surface area (Å²) in [5.74, 6) is 0. The van der Waals surface area contributed by atoms with E-state index in [2.05, 4.69) is 20.6 Å². The van der Waals surface area contributed by atoms with Crippen LogP contribution in [0.4, 0.5) is 0 Å². The molecule has 12 heteroatoms. The van der Waals surface area contributed by atoms with E-state index in [0.29, 0.717) is 18.0 Å². The Morgan fingerprint density at radius 3 is 1.85 bits per heavy atom. The van der Waals surface area contributed by atoms with E-state index in [1.807, 2.05) is 105 Å². The van der Waals surface area contributed by atoms with Crippen molar-refractivity contribution in [3.8, 4) is 11.4 Å². The van der Waals surface area contributed by atoms with Gasteiger partial charge in [0.05, 0.1) is 43.6 Å². The first-order valence-electron chi connectivity index (χ1n) is 15.2. The lowest BCUT2D eigenvalue weighted by Crippen LogP contribution is -2.63. The van der Waals surface area contributed by atoms with E-state index in [1.165, 1.54) is 11.1 Å². The van der Waals surface area contributed by atoms with Crippen LogP contribution in [0.1, 0.15) is 34.4 Å². The Hall–Kier alpha value is -4.30. The van der Waals surface area contributed by atoms with Crippen LogP contribution in [-0.4, -0.2) is 74.4 Å². The second kappa shape index (κ2) is 13.6. The van der Waals surface area contributed by atoms with Crippen LogP contribution in [0.3, 0.4) is 0 Å². The molecule has 5 aromatic rings. The molecule has 238 valence electrons. The molecule has 3 aromatic carbocycles. The molecule has 0 N–H and O–H groups in total. The average Bonchev–Trinajstić information content (AvgIpc) is 3.77. The van der Waals surface area contributed by atoms with Crippen molar-refractivity contribution in [3.05, 3.63) is 119 Å². The van der Waals surface area contributed by atoms with Crippen molar-refractivity contribution in [2.45, 2.75) is 64.1 Å². The Kier molecular flexibility index (Phi) is 8.97.